The predicted molar refractivity (Wildman–Crippen MR) is 147 cm³/mol. The van der Waals surface area contributed by atoms with E-state index in [9.17, 15) is 0 Å². The second-order valence-corrected chi connectivity index (χ2v) is 9.99. The smallest absolute Gasteiger partial charge is 0.277 e. The lowest BCUT2D eigenvalue weighted by Crippen LogP contribution is -1.95. The fourth-order valence-electron chi connectivity index (χ4n) is 3.94. The maximum Gasteiger partial charge on any atom is 0.277 e. The van der Waals surface area contributed by atoms with Gasteiger partial charge in [0.05, 0.1) is 22.4 Å². The summed E-state index contributed by atoms with van der Waals surface area (Å²) in [6.45, 7) is 0. The van der Waals surface area contributed by atoms with Crippen LogP contribution >= 0.6 is 27.7 Å². The van der Waals surface area contributed by atoms with Crippen LogP contribution in [-0.4, -0.2) is 20.2 Å². The van der Waals surface area contributed by atoms with Crippen molar-refractivity contribution in [2.45, 2.75) is 11.0 Å². The van der Waals surface area contributed by atoms with Gasteiger partial charge in [-0.25, -0.2) is 9.97 Å². The molecule has 0 saturated carbocycles. The highest BCUT2D eigenvalue weighted by atomic mass is 79.9. The first-order valence-electron chi connectivity index (χ1n) is 11.4. The van der Waals surface area contributed by atoms with Gasteiger partial charge in [-0.2, -0.15) is 0 Å². The van der Waals surface area contributed by atoms with Crippen molar-refractivity contribution >= 4 is 38.7 Å². The molecular weight excluding hydrogens is 532 g/mol. The minimum absolute atomic E-state index is 0.462. The van der Waals surface area contributed by atoms with Gasteiger partial charge in [-0.05, 0) is 35.9 Å². The molecule has 6 aromatic rings. The summed E-state index contributed by atoms with van der Waals surface area (Å²) in [6, 6.07) is 34.3. The Bertz CT molecular complexity index is 1660. The van der Waals surface area contributed by atoms with Crippen LogP contribution in [0.3, 0.4) is 0 Å². The Morgan fingerprint density at radius 2 is 1.33 bits per heavy atom. The number of thioether (sulfide) groups is 1. The molecule has 4 aromatic carbocycles. The van der Waals surface area contributed by atoms with Crippen LogP contribution in [0.1, 0.15) is 5.56 Å². The predicted octanol–water partition coefficient (Wildman–Crippen LogP) is 8.07. The molecule has 0 aliphatic heterocycles. The van der Waals surface area contributed by atoms with Crippen LogP contribution in [0.25, 0.3) is 45.0 Å². The number of hydrogen-bond donors (Lipinski definition) is 0. The van der Waals surface area contributed by atoms with Crippen LogP contribution in [0, 0.1) is 0 Å². The van der Waals surface area contributed by atoms with E-state index in [1.165, 1.54) is 17.3 Å². The molecule has 0 bridgehead atoms. The summed E-state index contributed by atoms with van der Waals surface area (Å²) in [4.78, 5) is 10.0. The van der Waals surface area contributed by atoms with Crippen LogP contribution in [0.2, 0.25) is 0 Å². The van der Waals surface area contributed by atoms with Gasteiger partial charge in [0, 0.05) is 26.9 Å². The molecule has 6 rings (SSSR count). The molecule has 2 heterocycles. The fraction of sp³-hybridized carbons (Fsp3) is 0.0345. The van der Waals surface area contributed by atoms with E-state index in [0.29, 0.717) is 11.1 Å². The topological polar surface area (TPSA) is 64.7 Å². The van der Waals surface area contributed by atoms with E-state index in [1.807, 2.05) is 66.7 Å². The van der Waals surface area contributed by atoms with Crippen LogP contribution in [-0.2, 0) is 5.75 Å². The molecule has 5 nitrogen and oxygen atoms in total. The second-order valence-electron chi connectivity index (χ2n) is 8.15. The zero-order chi connectivity index (χ0) is 24.3. The lowest BCUT2D eigenvalue weighted by molar-refractivity contribution is 0.466. The zero-order valence-corrected chi connectivity index (χ0v) is 21.4. The molecule has 36 heavy (non-hydrogen) atoms. The Labute approximate surface area is 220 Å². The SMILES string of the molecule is Brc1cccc(CSc2nnc(-c3ccc4nc(-c5ccccc5)c(-c5ccccc5)nc4c3)o2)c1. The zero-order valence-electron chi connectivity index (χ0n) is 19.0. The van der Waals surface area contributed by atoms with Gasteiger partial charge in [0.2, 0.25) is 5.89 Å². The Kier molecular flexibility index (Phi) is 6.32. The van der Waals surface area contributed by atoms with Crippen molar-refractivity contribution in [3.8, 4) is 34.0 Å². The number of benzene rings is 4. The maximum atomic E-state index is 5.96. The maximum absolute atomic E-state index is 5.96. The van der Waals surface area contributed by atoms with Crippen molar-refractivity contribution in [2.75, 3.05) is 0 Å². The largest absolute Gasteiger partial charge is 0.411 e. The second kappa shape index (κ2) is 10.0. The van der Waals surface area contributed by atoms with E-state index < -0.39 is 0 Å². The normalized spacial score (nSPS) is 11.1. The van der Waals surface area contributed by atoms with E-state index in [4.69, 9.17) is 14.4 Å². The molecule has 2 aromatic heterocycles. The number of nitrogens with zero attached hydrogens (tertiary/aromatic N) is 4. The van der Waals surface area contributed by atoms with Gasteiger partial charge in [-0.3, -0.25) is 0 Å². The third kappa shape index (κ3) is 4.80. The summed E-state index contributed by atoms with van der Waals surface area (Å²) in [5.41, 5.74) is 7.30. The summed E-state index contributed by atoms with van der Waals surface area (Å²) in [5.74, 6) is 1.20. The number of rotatable bonds is 6. The number of hydrogen-bond acceptors (Lipinski definition) is 6. The molecule has 0 N–H and O–H groups in total. The summed E-state index contributed by atoms with van der Waals surface area (Å²) in [6.07, 6.45) is 0. The Morgan fingerprint density at radius 1 is 0.639 bits per heavy atom. The molecule has 0 spiro atoms. The Hall–Kier alpha value is -3.81. The van der Waals surface area contributed by atoms with Gasteiger partial charge in [-0.15, -0.1) is 10.2 Å². The molecule has 0 atom stereocenters. The Morgan fingerprint density at radius 3 is 2.03 bits per heavy atom. The number of fused-ring (bicyclic) bond motifs is 1. The highest BCUT2D eigenvalue weighted by Crippen LogP contribution is 2.33. The first-order valence-corrected chi connectivity index (χ1v) is 13.1. The number of aromatic nitrogens is 4. The van der Waals surface area contributed by atoms with Gasteiger partial charge in [-0.1, -0.05) is 100 Å². The Balaban J connectivity index is 1.35. The molecule has 0 radical (unpaired) electrons. The summed E-state index contributed by atoms with van der Waals surface area (Å²) >= 11 is 5.02. The van der Waals surface area contributed by atoms with E-state index in [1.54, 1.807) is 0 Å². The van der Waals surface area contributed by atoms with Crippen LogP contribution in [0.5, 0.6) is 0 Å². The van der Waals surface area contributed by atoms with Crippen LogP contribution in [0.4, 0.5) is 0 Å². The van der Waals surface area contributed by atoms with Gasteiger partial charge in [0.1, 0.15) is 0 Å². The van der Waals surface area contributed by atoms with Crippen molar-refractivity contribution < 1.29 is 4.42 Å². The molecule has 0 fully saturated rings. The van der Waals surface area contributed by atoms with Crippen LogP contribution in [0.15, 0.2) is 117 Å². The molecule has 7 heteroatoms. The van der Waals surface area contributed by atoms with E-state index in [-0.39, 0.29) is 0 Å². The fourth-order valence-corrected chi connectivity index (χ4v) is 5.09. The van der Waals surface area contributed by atoms with Gasteiger partial charge < -0.3 is 4.42 Å². The van der Waals surface area contributed by atoms with E-state index in [2.05, 4.69) is 62.5 Å². The lowest BCUT2D eigenvalue weighted by atomic mass is 10.0. The van der Waals surface area contributed by atoms with Crippen molar-refractivity contribution in [2.24, 2.45) is 0 Å². The highest BCUT2D eigenvalue weighted by Gasteiger charge is 2.15. The first-order chi connectivity index (χ1) is 17.7. The minimum Gasteiger partial charge on any atom is -0.411 e. The molecule has 0 saturated heterocycles. The average Bonchev–Trinajstić information content (AvgIpc) is 3.41. The quantitative estimate of drug-likeness (QED) is 0.195. The van der Waals surface area contributed by atoms with E-state index in [0.717, 1.165) is 49.3 Å². The van der Waals surface area contributed by atoms with Crippen LogP contribution < -0.4 is 0 Å². The van der Waals surface area contributed by atoms with Crippen molar-refractivity contribution in [3.05, 3.63) is 113 Å². The van der Waals surface area contributed by atoms with Gasteiger partial charge >= 0.3 is 0 Å². The summed E-state index contributed by atoms with van der Waals surface area (Å²) in [5, 5.41) is 9.03. The standard InChI is InChI=1S/C29H19BrN4OS/c30-23-13-7-8-19(16-23)18-36-29-34-33-28(35-29)22-14-15-24-25(17-22)32-27(21-11-5-2-6-12-21)26(31-24)20-9-3-1-4-10-20/h1-17H,18H2. The summed E-state index contributed by atoms with van der Waals surface area (Å²) < 4.78 is 7.01. The van der Waals surface area contributed by atoms with Gasteiger partial charge in [0.25, 0.3) is 5.22 Å². The average molecular weight is 551 g/mol. The van der Waals surface area contributed by atoms with Crippen molar-refractivity contribution in [3.63, 3.8) is 0 Å². The lowest BCUT2D eigenvalue weighted by Gasteiger charge is -2.11. The van der Waals surface area contributed by atoms with E-state index >= 15 is 0 Å². The third-order valence-electron chi connectivity index (χ3n) is 5.66. The van der Waals surface area contributed by atoms with Crippen molar-refractivity contribution in [1.82, 2.24) is 20.2 Å². The van der Waals surface area contributed by atoms with Gasteiger partial charge in [0.15, 0.2) is 0 Å². The van der Waals surface area contributed by atoms with Crippen molar-refractivity contribution in [1.29, 1.82) is 0 Å². The molecule has 174 valence electrons. The monoisotopic (exact) mass is 550 g/mol. The third-order valence-corrected chi connectivity index (χ3v) is 7.05. The summed E-state index contributed by atoms with van der Waals surface area (Å²) in [7, 11) is 0. The molecular formula is C29H19BrN4OS. The molecule has 0 amide bonds. The molecule has 0 aliphatic rings. The molecule has 0 aliphatic carbocycles. The first kappa shape index (κ1) is 22.6. The highest BCUT2D eigenvalue weighted by molar-refractivity contribution is 9.10. The number of halogens is 1. The minimum atomic E-state index is 0.462. The molecule has 0 unspecified atom stereocenters.